The van der Waals surface area contributed by atoms with Gasteiger partial charge in [-0.25, -0.2) is 4.79 Å². The van der Waals surface area contributed by atoms with Crippen molar-refractivity contribution in [3.05, 3.63) is 23.8 Å². The van der Waals surface area contributed by atoms with Crippen molar-refractivity contribution in [3.63, 3.8) is 0 Å². The van der Waals surface area contributed by atoms with Crippen LogP contribution in [0.15, 0.2) is 18.2 Å². The van der Waals surface area contributed by atoms with Gasteiger partial charge < -0.3 is 19.4 Å². The van der Waals surface area contributed by atoms with Gasteiger partial charge in [-0.05, 0) is 38.8 Å². The van der Waals surface area contributed by atoms with Crippen molar-refractivity contribution in [3.8, 4) is 0 Å². The van der Waals surface area contributed by atoms with Crippen molar-refractivity contribution < 1.29 is 14.3 Å². The van der Waals surface area contributed by atoms with Gasteiger partial charge in [0.1, 0.15) is 5.60 Å². The van der Waals surface area contributed by atoms with E-state index in [-0.39, 0.29) is 17.9 Å². The van der Waals surface area contributed by atoms with E-state index in [1.165, 1.54) is 11.3 Å². The Kier molecular flexibility index (Phi) is 3.90. The Morgan fingerprint density at radius 1 is 1.15 bits per heavy atom. The Bertz CT molecular complexity index is 755. The van der Waals surface area contributed by atoms with Crippen molar-refractivity contribution in [2.24, 2.45) is 0 Å². The molecule has 0 saturated carbocycles. The van der Waals surface area contributed by atoms with E-state index in [0.717, 1.165) is 25.2 Å². The molecule has 1 saturated heterocycles. The van der Waals surface area contributed by atoms with Crippen molar-refractivity contribution in [1.82, 2.24) is 4.90 Å². The summed E-state index contributed by atoms with van der Waals surface area (Å²) in [5.41, 5.74) is 2.98. The van der Waals surface area contributed by atoms with Crippen LogP contribution in [0.25, 0.3) is 0 Å². The lowest BCUT2D eigenvalue weighted by atomic mass is 9.89. The average molecular weight is 357 g/mol. The molecule has 0 radical (unpaired) electrons. The number of amides is 2. The zero-order valence-electron chi connectivity index (χ0n) is 16.0. The van der Waals surface area contributed by atoms with Crippen LogP contribution >= 0.6 is 0 Å². The SMILES string of the molecule is CC(=O)N1CCN2c3c(cccc31)C1CN(C(=O)OC(C)(C)C)CCC12. The molecule has 2 amide bonds. The molecule has 2 unspecified atom stereocenters. The molecule has 2 atom stereocenters. The van der Waals surface area contributed by atoms with E-state index in [0.29, 0.717) is 19.1 Å². The number of hydrogen-bond donors (Lipinski definition) is 0. The molecule has 0 bridgehead atoms. The standard InChI is InChI=1S/C20H27N3O3/c1-13(24)22-10-11-23-16-8-9-21(19(25)26-20(2,3)4)12-15(16)14-6-5-7-17(22)18(14)23/h5-7,15-16H,8-12H2,1-4H3. The number of anilines is 2. The fourth-order valence-corrected chi connectivity index (χ4v) is 4.59. The molecule has 140 valence electrons. The number of carbonyl (C=O) groups excluding carboxylic acids is 2. The van der Waals surface area contributed by atoms with Crippen LogP contribution in [-0.2, 0) is 9.53 Å². The number of para-hydroxylation sites is 1. The minimum Gasteiger partial charge on any atom is -0.444 e. The monoisotopic (exact) mass is 357 g/mol. The predicted octanol–water partition coefficient (Wildman–Crippen LogP) is 2.97. The van der Waals surface area contributed by atoms with Gasteiger partial charge in [0, 0.05) is 45.1 Å². The van der Waals surface area contributed by atoms with Crippen LogP contribution in [0.2, 0.25) is 0 Å². The Morgan fingerprint density at radius 2 is 1.92 bits per heavy atom. The molecule has 26 heavy (non-hydrogen) atoms. The molecule has 0 aromatic heterocycles. The van der Waals surface area contributed by atoms with Gasteiger partial charge in [-0.15, -0.1) is 0 Å². The topological polar surface area (TPSA) is 53.1 Å². The molecular weight excluding hydrogens is 330 g/mol. The van der Waals surface area contributed by atoms with Gasteiger partial charge in [-0.1, -0.05) is 12.1 Å². The maximum absolute atomic E-state index is 12.5. The summed E-state index contributed by atoms with van der Waals surface area (Å²) in [6.07, 6.45) is 0.699. The van der Waals surface area contributed by atoms with E-state index in [1.54, 1.807) is 6.92 Å². The lowest BCUT2D eigenvalue weighted by molar-refractivity contribution is -0.116. The molecule has 0 spiro atoms. The van der Waals surface area contributed by atoms with Gasteiger partial charge in [-0.3, -0.25) is 4.79 Å². The van der Waals surface area contributed by atoms with Crippen molar-refractivity contribution >= 4 is 23.4 Å². The summed E-state index contributed by atoms with van der Waals surface area (Å²) in [4.78, 5) is 30.7. The van der Waals surface area contributed by atoms with Crippen LogP contribution in [0, 0.1) is 0 Å². The molecule has 1 aromatic carbocycles. The summed E-state index contributed by atoms with van der Waals surface area (Å²) in [5, 5.41) is 0. The van der Waals surface area contributed by atoms with Gasteiger partial charge in [0.25, 0.3) is 0 Å². The molecule has 0 N–H and O–H groups in total. The Labute approximate surface area is 154 Å². The molecule has 4 rings (SSSR count). The molecule has 6 heteroatoms. The summed E-state index contributed by atoms with van der Waals surface area (Å²) in [7, 11) is 0. The second-order valence-corrected chi connectivity index (χ2v) is 8.47. The van der Waals surface area contributed by atoms with Gasteiger partial charge in [0.05, 0.1) is 11.4 Å². The molecular formula is C20H27N3O3. The van der Waals surface area contributed by atoms with Crippen LogP contribution in [-0.4, -0.2) is 54.7 Å². The van der Waals surface area contributed by atoms with E-state index in [1.807, 2.05) is 42.7 Å². The first kappa shape index (κ1) is 17.2. The highest BCUT2D eigenvalue weighted by Crippen LogP contribution is 2.50. The number of fused-ring (bicyclic) bond motifs is 3. The fourth-order valence-electron chi connectivity index (χ4n) is 4.59. The number of carbonyl (C=O) groups is 2. The van der Waals surface area contributed by atoms with E-state index >= 15 is 0 Å². The normalized spacial score (nSPS) is 24.2. The van der Waals surface area contributed by atoms with Gasteiger partial charge in [0.2, 0.25) is 5.91 Å². The predicted molar refractivity (Wildman–Crippen MR) is 101 cm³/mol. The third kappa shape index (κ3) is 2.72. The van der Waals surface area contributed by atoms with Gasteiger partial charge in [-0.2, -0.15) is 0 Å². The summed E-state index contributed by atoms with van der Waals surface area (Å²) >= 11 is 0. The molecule has 6 nitrogen and oxygen atoms in total. The van der Waals surface area contributed by atoms with Crippen LogP contribution in [0.3, 0.4) is 0 Å². The fraction of sp³-hybridized carbons (Fsp3) is 0.600. The Morgan fingerprint density at radius 3 is 2.62 bits per heavy atom. The molecule has 3 heterocycles. The summed E-state index contributed by atoms with van der Waals surface area (Å²) in [6.45, 7) is 10.3. The second-order valence-electron chi connectivity index (χ2n) is 8.47. The van der Waals surface area contributed by atoms with Crippen molar-refractivity contribution in [1.29, 1.82) is 0 Å². The van der Waals surface area contributed by atoms with E-state index in [2.05, 4.69) is 11.0 Å². The van der Waals surface area contributed by atoms with Crippen LogP contribution in [0.4, 0.5) is 16.2 Å². The number of benzene rings is 1. The number of nitrogens with zero attached hydrogens (tertiary/aromatic N) is 3. The van der Waals surface area contributed by atoms with Crippen LogP contribution < -0.4 is 9.80 Å². The van der Waals surface area contributed by atoms with Crippen LogP contribution in [0.1, 0.15) is 45.6 Å². The lowest BCUT2D eigenvalue weighted by Crippen LogP contribution is -2.51. The van der Waals surface area contributed by atoms with Gasteiger partial charge >= 0.3 is 6.09 Å². The summed E-state index contributed by atoms with van der Waals surface area (Å²) in [5.74, 6) is 0.362. The van der Waals surface area contributed by atoms with E-state index < -0.39 is 5.60 Å². The highest BCUT2D eigenvalue weighted by Gasteiger charge is 2.46. The largest absolute Gasteiger partial charge is 0.444 e. The quantitative estimate of drug-likeness (QED) is 0.716. The lowest BCUT2D eigenvalue weighted by Gasteiger charge is -2.41. The number of ether oxygens (including phenoxy) is 1. The van der Waals surface area contributed by atoms with Crippen LogP contribution in [0.5, 0.6) is 0 Å². The van der Waals surface area contributed by atoms with Crippen molar-refractivity contribution in [2.75, 3.05) is 36.0 Å². The zero-order chi connectivity index (χ0) is 18.6. The first-order valence-corrected chi connectivity index (χ1v) is 9.42. The molecule has 3 aliphatic heterocycles. The highest BCUT2D eigenvalue weighted by atomic mass is 16.6. The summed E-state index contributed by atoms with van der Waals surface area (Å²) < 4.78 is 5.57. The second kappa shape index (κ2) is 5.89. The maximum atomic E-state index is 12.5. The minimum atomic E-state index is -0.481. The third-order valence-corrected chi connectivity index (χ3v) is 5.60. The van der Waals surface area contributed by atoms with Crippen molar-refractivity contribution in [2.45, 2.75) is 51.7 Å². The smallest absolute Gasteiger partial charge is 0.410 e. The number of likely N-dealkylation sites (tertiary alicyclic amines) is 1. The number of piperidine rings is 1. The summed E-state index contributed by atoms with van der Waals surface area (Å²) in [6, 6.07) is 6.62. The third-order valence-electron chi connectivity index (χ3n) is 5.60. The maximum Gasteiger partial charge on any atom is 0.410 e. The number of hydrogen-bond acceptors (Lipinski definition) is 4. The minimum absolute atomic E-state index is 0.0864. The highest BCUT2D eigenvalue weighted by molar-refractivity contribution is 5.98. The van der Waals surface area contributed by atoms with E-state index in [9.17, 15) is 9.59 Å². The molecule has 1 fully saturated rings. The molecule has 0 aliphatic carbocycles. The molecule has 3 aliphatic rings. The first-order valence-electron chi connectivity index (χ1n) is 9.42. The zero-order valence-corrected chi connectivity index (χ0v) is 16.0. The first-order chi connectivity index (χ1) is 12.3. The van der Waals surface area contributed by atoms with E-state index in [4.69, 9.17) is 4.74 Å². The van der Waals surface area contributed by atoms with Gasteiger partial charge in [0.15, 0.2) is 0 Å². The average Bonchev–Trinajstić information content (AvgIpc) is 2.89. The Balaban J connectivity index is 1.63. The molecule has 1 aromatic rings. The number of rotatable bonds is 0. The Hall–Kier alpha value is -2.24.